The van der Waals surface area contributed by atoms with Gasteiger partial charge in [-0.25, -0.2) is 4.79 Å². The Kier molecular flexibility index (Phi) is 5.82. The first-order chi connectivity index (χ1) is 8.85. The molecule has 0 saturated carbocycles. The van der Waals surface area contributed by atoms with E-state index in [1.165, 1.54) is 0 Å². The Morgan fingerprint density at radius 1 is 1.63 bits per heavy atom. The molecule has 5 heteroatoms. The zero-order chi connectivity index (χ0) is 14.5. The van der Waals surface area contributed by atoms with Gasteiger partial charge in [-0.15, -0.1) is 6.58 Å². The fraction of sp³-hybridized carbons (Fsp3) is 0.786. The lowest BCUT2D eigenvalue weighted by atomic mass is 10.0. The van der Waals surface area contributed by atoms with Crippen LogP contribution in [0.15, 0.2) is 12.7 Å². The molecule has 1 heterocycles. The molecule has 2 unspecified atom stereocenters. The molecule has 110 valence electrons. The van der Waals surface area contributed by atoms with Gasteiger partial charge in [-0.3, -0.25) is 4.90 Å². The van der Waals surface area contributed by atoms with Crippen molar-refractivity contribution in [1.82, 2.24) is 4.90 Å². The molecular weight excluding hydrogens is 246 g/mol. The van der Waals surface area contributed by atoms with Gasteiger partial charge in [0.25, 0.3) is 0 Å². The van der Waals surface area contributed by atoms with Crippen molar-refractivity contribution in [3.05, 3.63) is 12.7 Å². The summed E-state index contributed by atoms with van der Waals surface area (Å²) < 4.78 is 10.7. The Bertz CT molecular complexity index is 311. The SMILES string of the molecule is C=CCCC(O)C1COCCN1C(=O)OC(C)(C)C. The molecule has 0 bridgehead atoms. The van der Waals surface area contributed by atoms with E-state index in [1.54, 1.807) is 11.0 Å². The number of carbonyl (C=O) groups is 1. The highest BCUT2D eigenvalue weighted by Crippen LogP contribution is 2.18. The number of ether oxygens (including phenoxy) is 2. The average Bonchev–Trinajstić information content (AvgIpc) is 2.34. The van der Waals surface area contributed by atoms with Crippen LogP contribution in [0, 0.1) is 0 Å². The molecule has 1 saturated heterocycles. The molecule has 5 nitrogen and oxygen atoms in total. The lowest BCUT2D eigenvalue weighted by Gasteiger charge is -2.38. The molecule has 0 aromatic heterocycles. The first-order valence-corrected chi connectivity index (χ1v) is 6.71. The van der Waals surface area contributed by atoms with Crippen LogP contribution >= 0.6 is 0 Å². The number of aliphatic hydroxyl groups is 1. The second-order valence-electron chi connectivity index (χ2n) is 5.75. The average molecular weight is 271 g/mol. The minimum atomic E-state index is -0.620. The van der Waals surface area contributed by atoms with E-state index >= 15 is 0 Å². The van der Waals surface area contributed by atoms with Crippen molar-refractivity contribution in [3.63, 3.8) is 0 Å². The van der Waals surface area contributed by atoms with Gasteiger partial charge >= 0.3 is 6.09 Å². The minimum Gasteiger partial charge on any atom is -0.444 e. The van der Waals surface area contributed by atoms with E-state index in [0.717, 1.165) is 0 Å². The lowest BCUT2D eigenvalue weighted by Crippen LogP contribution is -2.55. The number of allylic oxidation sites excluding steroid dienone is 1. The molecule has 0 spiro atoms. The van der Waals surface area contributed by atoms with Gasteiger partial charge in [-0.1, -0.05) is 6.08 Å². The van der Waals surface area contributed by atoms with Crippen LogP contribution in [0.5, 0.6) is 0 Å². The summed E-state index contributed by atoms with van der Waals surface area (Å²) in [7, 11) is 0. The third-order valence-electron chi connectivity index (χ3n) is 2.90. The van der Waals surface area contributed by atoms with Crippen LogP contribution in [0.4, 0.5) is 4.79 Å². The number of rotatable bonds is 4. The van der Waals surface area contributed by atoms with Crippen molar-refractivity contribution in [2.24, 2.45) is 0 Å². The Morgan fingerprint density at radius 3 is 2.89 bits per heavy atom. The number of amides is 1. The second kappa shape index (κ2) is 6.91. The molecule has 0 aromatic carbocycles. The van der Waals surface area contributed by atoms with Crippen molar-refractivity contribution in [1.29, 1.82) is 0 Å². The Labute approximate surface area is 115 Å². The molecule has 0 aromatic rings. The van der Waals surface area contributed by atoms with Crippen LogP contribution in [-0.4, -0.2) is 53.6 Å². The first kappa shape index (κ1) is 16.0. The predicted octanol–water partition coefficient (Wildman–Crippen LogP) is 1.95. The summed E-state index contributed by atoms with van der Waals surface area (Å²) in [6.45, 7) is 10.4. The van der Waals surface area contributed by atoms with Gasteiger partial charge in [0.05, 0.1) is 25.4 Å². The van der Waals surface area contributed by atoms with E-state index in [1.807, 2.05) is 20.8 Å². The predicted molar refractivity (Wildman–Crippen MR) is 73.0 cm³/mol. The molecule has 1 aliphatic heterocycles. The number of aliphatic hydroxyl groups excluding tert-OH is 1. The summed E-state index contributed by atoms with van der Waals surface area (Å²) >= 11 is 0. The summed E-state index contributed by atoms with van der Waals surface area (Å²) in [5.74, 6) is 0. The normalized spacial score (nSPS) is 21.9. The summed E-state index contributed by atoms with van der Waals surface area (Å²) in [5, 5.41) is 10.1. The maximum absolute atomic E-state index is 12.1. The fourth-order valence-electron chi connectivity index (χ4n) is 1.97. The van der Waals surface area contributed by atoms with Crippen molar-refractivity contribution in [2.75, 3.05) is 19.8 Å². The zero-order valence-corrected chi connectivity index (χ0v) is 12.1. The molecule has 1 N–H and O–H groups in total. The van der Waals surface area contributed by atoms with E-state index in [-0.39, 0.29) is 6.04 Å². The number of morpholine rings is 1. The number of carbonyl (C=O) groups excluding carboxylic acids is 1. The van der Waals surface area contributed by atoms with E-state index in [9.17, 15) is 9.90 Å². The molecule has 19 heavy (non-hydrogen) atoms. The molecule has 0 aliphatic carbocycles. The summed E-state index contributed by atoms with van der Waals surface area (Å²) in [5.41, 5.74) is -0.536. The number of hydrogen-bond donors (Lipinski definition) is 1. The molecule has 1 fully saturated rings. The standard InChI is InChI=1S/C14H25NO4/c1-5-6-7-12(16)11-10-18-9-8-15(11)13(17)19-14(2,3)4/h5,11-12,16H,1,6-10H2,2-4H3. The van der Waals surface area contributed by atoms with Crippen LogP contribution in [0.25, 0.3) is 0 Å². The topological polar surface area (TPSA) is 59.0 Å². The Morgan fingerprint density at radius 2 is 2.32 bits per heavy atom. The van der Waals surface area contributed by atoms with Gasteiger partial charge < -0.3 is 14.6 Å². The van der Waals surface area contributed by atoms with Crippen LogP contribution in [0.2, 0.25) is 0 Å². The third-order valence-corrected chi connectivity index (χ3v) is 2.90. The first-order valence-electron chi connectivity index (χ1n) is 6.71. The van der Waals surface area contributed by atoms with Gasteiger partial charge in [0.2, 0.25) is 0 Å². The highest BCUT2D eigenvalue weighted by Gasteiger charge is 2.34. The van der Waals surface area contributed by atoms with Gasteiger partial charge in [0.15, 0.2) is 0 Å². The zero-order valence-electron chi connectivity index (χ0n) is 12.1. The van der Waals surface area contributed by atoms with Crippen molar-refractivity contribution < 1.29 is 19.4 Å². The van der Waals surface area contributed by atoms with Gasteiger partial charge in [-0.05, 0) is 33.6 Å². The minimum absolute atomic E-state index is 0.344. The number of nitrogens with zero attached hydrogens (tertiary/aromatic N) is 1. The number of hydrogen-bond acceptors (Lipinski definition) is 4. The monoisotopic (exact) mass is 271 g/mol. The molecule has 0 radical (unpaired) electrons. The molecule has 1 rings (SSSR count). The summed E-state index contributed by atoms with van der Waals surface area (Å²) in [6, 6.07) is -0.344. The summed E-state index contributed by atoms with van der Waals surface area (Å²) in [6.07, 6.45) is 2.02. The summed E-state index contributed by atoms with van der Waals surface area (Å²) in [4.78, 5) is 13.7. The maximum Gasteiger partial charge on any atom is 0.410 e. The Balaban J connectivity index is 2.66. The lowest BCUT2D eigenvalue weighted by molar-refractivity contribution is -0.0675. The second-order valence-corrected chi connectivity index (χ2v) is 5.75. The fourth-order valence-corrected chi connectivity index (χ4v) is 1.97. The molecule has 1 amide bonds. The van der Waals surface area contributed by atoms with Gasteiger partial charge in [0.1, 0.15) is 5.60 Å². The van der Waals surface area contributed by atoms with Crippen molar-refractivity contribution >= 4 is 6.09 Å². The highest BCUT2D eigenvalue weighted by molar-refractivity contribution is 5.68. The van der Waals surface area contributed by atoms with Gasteiger partial charge in [-0.2, -0.15) is 0 Å². The van der Waals surface area contributed by atoms with E-state index in [2.05, 4.69) is 6.58 Å². The van der Waals surface area contributed by atoms with Crippen LogP contribution < -0.4 is 0 Å². The molecule has 1 aliphatic rings. The molecule has 2 atom stereocenters. The third kappa shape index (κ3) is 5.20. The van der Waals surface area contributed by atoms with E-state index in [4.69, 9.17) is 9.47 Å². The van der Waals surface area contributed by atoms with E-state index in [0.29, 0.717) is 32.6 Å². The Hall–Kier alpha value is -1.07. The quantitative estimate of drug-likeness (QED) is 0.794. The maximum atomic E-state index is 12.1. The van der Waals surface area contributed by atoms with Crippen LogP contribution in [0.1, 0.15) is 33.6 Å². The largest absolute Gasteiger partial charge is 0.444 e. The van der Waals surface area contributed by atoms with Crippen LogP contribution in [0.3, 0.4) is 0 Å². The van der Waals surface area contributed by atoms with Crippen molar-refractivity contribution in [2.45, 2.75) is 51.4 Å². The van der Waals surface area contributed by atoms with E-state index < -0.39 is 17.8 Å². The van der Waals surface area contributed by atoms with Crippen molar-refractivity contribution in [3.8, 4) is 0 Å². The van der Waals surface area contributed by atoms with Gasteiger partial charge in [0, 0.05) is 6.54 Å². The molecular formula is C14H25NO4. The smallest absolute Gasteiger partial charge is 0.410 e. The van der Waals surface area contributed by atoms with Crippen LogP contribution in [-0.2, 0) is 9.47 Å². The highest BCUT2D eigenvalue weighted by atomic mass is 16.6.